The summed E-state index contributed by atoms with van der Waals surface area (Å²) >= 11 is 0. The molecule has 4 rings (SSSR count). The van der Waals surface area contributed by atoms with Gasteiger partial charge in [0.15, 0.2) is 11.6 Å². The van der Waals surface area contributed by atoms with E-state index in [4.69, 9.17) is 0 Å². The topological polar surface area (TPSA) is 75.3 Å². The Kier molecular flexibility index (Phi) is 4.59. The van der Waals surface area contributed by atoms with Crippen molar-refractivity contribution in [3.05, 3.63) is 35.9 Å². The van der Waals surface area contributed by atoms with Crippen molar-refractivity contribution in [2.75, 3.05) is 36.5 Å². The summed E-state index contributed by atoms with van der Waals surface area (Å²) in [6, 6.07) is 2.05. The van der Waals surface area contributed by atoms with Crippen LogP contribution in [0.3, 0.4) is 0 Å². The lowest BCUT2D eigenvalue weighted by atomic mass is 9.96. The van der Waals surface area contributed by atoms with E-state index in [-0.39, 0.29) is 5.82 Å². The minimum atomic E-state index is -0.335. The summed E-state index contributed by atoms with van der Waals surface area (Å²) in [5.74, 6) is 2.17. The molecule has 0 aromatic carbocycles. The van der Waals surface area contributed by atoms with E-state index in [9.17, 15) is 4.39 Å². The third-order valence-electron chi connectivity index (χ3n) is 5.14. The number of halogens is 1. The molecule has 0 radical (unpaired) electrons. The van der Waals surface area contributed by atoms with Gasteiger partial charge in [-0.3, -0.25) is 0 Å². The van der Waals surface area contributed by atoms with Crippen LogP contribution in [0, 0.1) is 25.6 Å². The normalized spacial score (nSPS) is 15.5. The first kappa shape index (κ1) is 17.6. The van der Waals surface area contributed by atoms with E-state index in [0.29, 0.717) is 23.2 Å². The summed E-state index contributed by atoms with van der Waals surface area (Å²) in [5, 5.41) is 4.30. The Hall–Kier alpha value is -2.84. The van der Waals surface area contributed by atoms with Crippen molar-refractivity contribution in [1.29, 1.82) is 0 Å². The van der Waals surface area contributed by atoms with Gasteiger partial charge < -0.3 is 9.80 Å². The van der Waals surface area contributed by atoms with Gasteiger partial charge in [0.1, 0.15) is 18.5 Å². The number of piperidine rings is 1. The highest BCUT2D eigenvalue weighted by molar-refractivity contribution is 5.47. The summed E-state index contributed by atoms with van der Waals surface area (Å²) in [5.41, 5.74) is 1.31. The van der Waals surface area contributed by atoms with Crippen LogP contribution >= 0.6 is 0 Å². The maximum absolute atomic E-state index is 14.2. The molecule has 1 aliphatic rings. The number of anilines is 2. The number of rotatable bonds is 4. The molecule has 0 spiro atoms. The van der Waals surface area contributed by atoms with Crippen LogP contribution in [0.15, 0.2) is 18.7 Å². The van der Waals surface area contributed by atoms with Crippen molar-refractivity contribution in [2.45, 2.75) is 26.7 Å². The van der Waals surface area contributed by atoms with Crippen LogP contribution in [0.4, 0.5) is 16.0 Å². The van der Waals surface area contributed by atoms with Gasteiger partial charge in [-0.05, 0) is 32.6 Å². The zero-order valence-corrected chi connectivity index (χ0v) is 15.8. The van der Waals surface area contributed by atoms with Crippen molar-refractivity contribution >= 4 is 17.4 Å². The van der Waals surface area contributed by atoms with E-state index in [1.54, 1.807) is 11.4 Å². The lowest BCUT2D eigenvalue weighted by Gasteiger charge is -2.35. The fraction of sp³-hybridized carbons (Fsp3) is 0.500. The Morgan fingerprint density at radius 2 is 1.93 bits per heavy atom. The third kappa shape index (κ3) is 3.41. The van der Waals surface area contributed by atoms with Crippen molar-refractivity contribution in [3.8, 4) is 0 Å². The van der Waals surface area contributed by atoms with Gasteiger partial charge in [-0.25, -0.2) is 19.3 Å². The molecule has 0 saturated carbocycles. The molecule has 1 saturated heterocycles. The summed E-state index contributed by atoms with van der Waals surface area (Å²) < 4.78 is 16.0. The van der Waals surface area contributed by atoms with E-state index >= 15 is 0 Å². The largest absolute Gasteiger partial charge is 0.357 e. The van der Waals surface area contributed by atoms with Crippen LogP contribution < -0.4 is 9.80 Å². The quantitative estimate of drug-likeness (QED) is 0.695. The Balaban J connectivity index is 1.43. The molecule has 27 heavy (non-hydrogen) atoms. The van der Waals surface area contributed by atoms with Gasteiger partial charge in [0.25, 0.3) is 5.78 Å². The molecule has 0 unspecified atom stereocenters. The second-order valence-electron chi connectivity index (χ2n) is 7.14. The summed E-state index contributed by atoms with van der Waals surface area (Å²) in [4.78, 5) is 20.8. The zero-order chi connectivity index (χ0) is 19.0. The molecule has 3 aromatic rings. The number of aryl methyl sites for hydroxylation is 2. The van der Waals surface area contributed by atoms with Gasteiger partial charge in [0.05, 0.1) is 5.69 Å². The van der Waals surface area contributed by atoms with Gasteiger partial charge in [0.2, 0.25) is 0 Å². The van der Waals surface area contributed by atoms with Crippen LogP contribution in [-0.2, 0) is 0 Å². The molecule has 0 amide bonds. The second-order valence-corrected chi connectivity index (χ2v) is 7.14. The molecular weight excluding hydrogens is 347 g/mol. The minimum Gasteiger partial charge on any atom is -0.357 e. The molecular formula is C18H23FN8. The fourth-order valence-electron chi connectivity index (χ4n) is 3.67. The van der Waals surface area contributed by atoms with Gasteiger partial charge in [-0.2, -0.15) is 14.6 Å². The van der Waals surface area contributed by atoms with E-state index < -0.39 is 0 Å². The smallest absolute Gasteiger partial charge is 0.254 e. The SMILES string of the molecule is Cc1cc(N2CCC(CN(C)c3ncnc(C)c3F)CC2)n2ncnc2n1. The summed E-state index contributed by atoms with van der Waals surface area (Å²) in [6.45, 7) is 6.24. The highest BCUT2D eigenvalue weighted by Crippen LogP contribution is 2.26. The lowest BCUT2D eigenvalue weighted by Crippen LogP contribution is -2.39. The Bertz CT molecular complexity index is 948. The number of hydrogen-bond acceptors (Lipinski definition) is 7. The predicted molar refractivity (Wildman–Crippen MR) is 100 cm³/mol. The lowest BCUT2D eigenvalue weighted by molar-refractivity contribution is 0.403. The average Bonchev–Trinajstić information content (AvgIpc) is 3.12. The van der Waals surface area contributed by atoms with Crippen LogP contribution in [0.2, 0.25) is 0 Å². The Morgan fingerprint density at radius 3 is 2.70 bits per heavy atom. The molecule has 0 bridgehead atoms. The van der Waals surface area contributed by atoms with Crippen LogP contribution in [-0.4, -0.2) is 56.2 Å². The monoisotopic (exact) mass is 370 g/mol. The van der Waals surface area contributed by atoms with E-state index in [1.807, 2.05) is 24.9 Å². The maximum atomic E-state index is 14.2. The maximum Gasteiger partial charge on any atom is 0.254 e. The fourth-order valence-corrected chi connectivity index (χ4v) is 3.67. The molecule has 8 nitrogen and oxygen atoms in total. The number of aromatic nitrogens is 6. The first-order valence-corrected chi connectivity index (χ1v) is 9.13. The molecule has 4 heterocycles. The molecule has 9 heteroatoms. The molecule has 0 atom stereocenters. The third-order valence-corrected chi connectivity index (χ3v) is 5.14. The van der Waals surface area contributed by atoms with Crippen LogP contribution in [0.25, 0.3) is 5.78 Å². The van der Waals surface area contributed by atoms with Gasteiger partial charge >= 0.3 is 0 Å². The van der Waals surface area contributed by atoms with Crippen molar-refractivity contribution < 1.29 is 4.39 Å². The van der Waals surface area contributed by atoms with E-state index in [0.717, 1.165) is 44.0 Å². The van der Waals surface area contributed by atoms with Crippen molar-refractivity contribution in [3.63, 3.8) is 0 Å². The van der Waals surface area contributed by atoms with Crippen molar-refractivity contribution in [1.82, 2.24) is 29.5 Å². The molecule has 3 aromatic heterocycles. The number of hydrogen-bond donors (Lipinski definition) is 0. The number of nitrogens with zero attached hydrogens (tertiary/aromatic N) is 8. The highest BCUT2D eigenvalue weighted by atomic mass is 19.1. The van der Waals surface area contributed by atoms with Gasteiger partial charge in [-0.1, -0.05) is 0 Å². The Morgan fingerprint density at radius 1 is 1.15 bits per heavy atom. The summed E-state index contributed by atoms with van der Waals surface area (Å²) in [7, 11) is 1.89. The number of fused-ring (bicyclic) bond motifs is 1. The molecule has 1 aliphatic heterocycles. The first-order chi connectivity index (χ1) is 13.0. The highest BCUT2D eigenvalue weighted by Gasteiger charge is 2.24. The van der Waals surface area contributed by atoms with Crippen molar-refractivity contribution in [2.24, 2.45) is 5.92 Å². The van der Waals surface area contributed by atoms with Crippen LogP contribution in [0.5, 0.6) is 0 Å². The van der Waals surface area contributed by atoms with Gasteiger partial charge in [-0.15, -0.1) is 0 Å². The van der Waals surface area contributed by atoms with Crippen LogP contribution in [0.1, 0.15) is 24.2 Å². The molecule has 1 fully saturated rings. The van der Waals surface area contributed by atoms with E-state index in [2.05, 4.69) is 29.9 Å². The molecule has 0 aliphatic carbocycles. The summed E-state index contributed by atoms with van der Waals surface area (Å²) in [6.07, 6.45) is 4.99. The van der Waals surface area contributed by atoms with Gasteiger partial charge in [0, 0.05) is 38.4 Å². The molecule has 142 valence electrons. The average molecular weight is 370 g/mol. The minimum absolute atomic E-state index is 0.335. The Labute approximate surface area is 157 Å². The first-order valence-electron chi connectivity index (χ1n) is 9.13. The molecule has 0 N–H and O–H groups in total. The predicted octanol–water partition coefficient (Wildman–Crippen LogP) is 2.02. The second kappa shape index (κ2) is 7.05. The standard InChI is InChI=1S/C18H23FN8/c1-12-8-15(27-18(24-12)22-11-23-27)26-6-4-14(5-7-26)9-25(3)17-16(19)13(2)20-10-21-17/h8,10-11,14H,4-7,9H2,1-3H3. The van der Waals surface area contributed by atoms with E-state index in [1.165, 1.54) is 12.7 Å². The zero-order valence-electron chi connectivity index (χ0n) is 15.8.